The van der Waals surface area contributed by atoms with Crippen molar-refractivity contribution in [1.29, 1.82) is 0 Å². The van der Waals surface area contributed by atoms with Gasteiger partial charge < -0.3 is 15.0 Å². The molecule has 1 N–H and O–H groups in total. The first kappa shape index (κ1) is 25.1. The zero-order valence-electron chi connectivity index (χ0n) is 20.3. The predicted molar refractivity (Wildman–Crippen MR) is 134 cm³/mol. The monoisotopic (exact) mass is 510 g/mol. The molecule has 6 nitrogen and oxygen atoms in total. The molecule has 1 amide bonds. The maximum Gasteiger partial charge on any atom is 0.416 e. The second-order valence-corrected chi connectivity index (χ2v) is 9.45. The summed E-state index contributed by atoms with van der Waals surface area (Å²) in [6, 6.07) is 17.0. The first-order valence-electron chi connectivity index (χ1n) is 12.4. The molecule has 2 atom stereocenters. The maximum atomic E-state index is 13.4. The smallest absolute Gasteiger partial charge is 0.416 e. The lowest BCUT2D eigenvalue weighted by Gasteiger charge is -2.49. The average molecular weight is 511 g/mol. The Morgan fingerprint density at radius 1 is 1.08 bits per heavy atom. The number of hydrogen-bond donors (Lipinski definition) is 1. The van der Waals surface area contributed by atoms with Crippen LogP contribution in [-0.2, 0) is 23.9 Å². The van der Waals surface area contributed by atoms with E-state index in [9.17, 15) is 18.0 Å². The summed E-state index contributed by atoms with van der Waals surface area (Å²) < 4.78 is 46.2. The molecular formula is C28H29F3N4O2. The summed E-state index contributed by atoms with van der Waals surface area (Å²) in [5, 5.41) is 2.99. The number of alkyl halides is 3. The van der Waals surface area contributed by atoms with Gasteiger partial charge in [0.25, 0.3) is 0 Å². The van der Waals surface area contributed by atoms with Crippen molar-refractivity contribution < 1.29 is 22.7 Å². The number of nitrogens with one attached hydrogen (secondary N) is 1. The van der Waals surface area contributed by atoms with Crippen LogP contribution in [0.1, 0.15) is 16.7 Å². The molecule has 1 aromatic heterocycles. The lowest BCUT2D eigenvalue weighted by Crippen LogP contribution is -2.61. The second kappa shape index (κ2) is 10.8. The zero-order chi connectivity index (χ0) is 25.8. The van der Waals surface area contributed by atoms with Crippen LogP contribution in [0.15, 0.2) is 73.1 Å². The van der Waals surface area contributed by atoms with Crippen molar-refractivity contribution in [3.05, 3.63) is 89.7 Å². The van der Waals surface area contributed by atoms with Gasteiger partial charge in [-0.1, -0.05) is 24.3 Å². The number of rotatable bonds is 7. The maximum absolute atomic E-state index is 13.4. The molecular weight excluding hydrogens is 481 g/mol. The van der Waals surface area contributed by atoms with Crippen molar-refractivity contribution in [1.82, 2.24) is 15.2 Å². The summed E-state index contributed by atoms with van der Waals surface area (Å²) in [5.74, 6) is 0.163. The topological polar surface area (TPSA) is 57.7 Å². The fraction of sp³-hybridized carbons (Fsp3) is 0.357. The Morgan fingerprint density at radius 2 is 1.92 bits per heavy atom. The molecule has 0 bridgehead atoms. The van der Waals surface area contributed by atoms with E-state index >= 15 is 0 Å². The van der Waals surface area contributed by atoms with Gasteiger partial charge in [0.2, 0.25) is 5.91 Å². The SMILES string of the molecule is O=C(NCc1cccnc1)[C@H]1Cc2cc(C(F)(F)F)ccc2N2CCN(CCOc3ccccc3)C[C@@H]12. The number of carbonyl (C=O) groups excluding carboxylic acids is 1. The number of hydrogen-bond acceptors (Lipinski definition) is 5. The molecule has 0 aliphatic carbocycles. The van der Waals surface area contributed by atoms with E-state index < -0.39 is 17.7 Å². The van der Waals surface area contributed by atoms with E-state index in [2.05, 4.69) is 20.1 Å². The molecule has 0 saturated carbocycles. The number of anilines is 1. The number of nitrogens with zero attached hydrogens (tertiary/aromatic N) is 3. The Hall–Kier alpha value is -3.59. The third-order valence-electron chi connectivity index (χ3n) is 7.07. The van der Waals surface area contributed by atoms with Crippen molar-refractivity contribution in [3.63, 3.8) is 0 Å². The molecule has 194 valence electrons. The summed E-state index contributed by atoms with van der Waals surface area (Å²) in [5.41, 5.74) is 1.53. The molecule has 37 heavy (non-hydrogen) atoms. The fourth-order valence-electron chi connectivity index (χ4n) is 5.19. The van der Waals surface area contributed by atoms with Gasteiger partial charge in [-0.05, 0) is 53.9 Å². The number of carbonyl (C=O) groups is 1. The number of aromatic nitrogens is 1. The van der Waals surface area contributed by atoms with Gasteiger partial charge in [0.1, 0.15) is 12.4 Å². The summed E-state index contributed by atoms with van der Waals surface area (Å²) in [4.78, 5) is 21.9. The molecule has 2 aliphatic rings. The number of para-hydroxylation sites is 1. The standard InChI is InChI=1S/C28H29F3N4O2/c29-28(30,31)22-8-9-25-21(15-22)16-24(27(36)33-18-20-5-4-10-32-17-20)26-19-34(11-12-35(25)26)13-14-37-23-6-2-1-3-7-23/h1-10,15,17,24,26H,11-14,16,18-19H2,(H,33,36)/t24-,26-/m0/s1. The molecule has 1 fully saturated rings. The van der Waals surface area contributed by atoms with Crippen LogP contribution in [0.2, 0.25) is 0 Å². The Labute approximate surface area is 214 Å². The van der Waals surface area contributed by atoms with Gasteiger partial charge in [0, 0.05) is 50.8 Å². The van der Waals surface area contributed by atoms with E-state index in [-0.39, 0.29) is 18.4 Å². The van der Waals surface area contributed by atoms with E-state index in [1.807, 2.05) is 36.4 Å². The summed E-state index contributed by atoms with van der Waals surface area (Å²) in [6.45, 7) is 3.52. The largest absolute Gasteiger partial charge is 0.492 e. The van der Waals surface area contributed by atoms with Crippen molar-refractivity contribution >= 4 is 11.6 Å². The molecule has 0 spiro atoms. The lowest BCUT2D eigenvalue weighted by molar-refractivity contribution is -0.137. The number of fused-ring (bicyclic) bond motifs is 3. The minimum absolute atomic E-state index is 0.149. The molecule has 0 unspecified atom stereocenters. The Balaban J connectivity index is 1.33. The zero-order valence-corrected chi connectivity index (χ0v) is 20.3. The van der Waals surface area contributed by atoms with E-state index in [1.54, 1.807) is 24.5 Å². The number of piperazine rings is 1. The molecule has 5 rings (SSSR count). The average Bonchev–Trinajstić information content (AvgIpc) is 2.91. The number of benzene rings is 2. The van der Waals surface area contributed by atoms with Crippen LogP contribution < -0.4 is 15.0 Å². The quantitative estimate of drug-likeness (QED) is 0.518. The first-order chi connectivity index (χ1) is 17.9. The Kier molecular flexibility index (Phi) is 7.32. The van der Waals surface area contributed by atoms with Gasteiger partial charge >= 0.3 is 6.18 Å². The van der Waals surface area contributed by atoms with Crippen LogP contribution in [-0.4, -0.2) is 54.6 Å². The fourth-order valence-corrected chi connectivity index (χ4v) is 5.19. The van der Waals surface area contributed by atoms with E-state index in [0.717, 1.165) is 29.6 Å². The summed E-state index contributed by atoms with van der Waals surface area (Å²) in [6.07, 6.45) is -0.819. The predicted octanol–water partition coefficient (Wildman–Crippen LogP) is 4.16. The molecule has 3 aromatic rings. The van der Waals surface area contributed by atoms with Gasteiger partial charge in [0.05, 0.1) is 17.5 Å². The third-order valence-corrected chi connectivity index (χ3v) is 7.07. The number of ether oxygens (including phenoxy) is 1. The van der Waals surface area contributed by atoms with Crippen LogP contribution in [0.3, 0.4) is 0 Å². The van der Waals surface area contributed by atoms with Crippen LogP contribution >= 0.6 is 0 Å². The van der Waals surface area contributed by atoms with E-state index in [4.69, 9.17) is 4.74 Å². The van der Waals surface area contributed by atoms with Crippen molar-refractivity contribution in [2.75, 3.05) is 37.7 Å². The Morgan fingerprint density at radius 3 is 2.68 bits per heavy atom. The number of halogens is 3. The van der Waals surface area contributed by atoms with Gasteiger partial charge in [-0.25, -0.2) is 0 Å². The van der Waals surface area contributed by atoms with Gasteiger partial charge in [-0.3, -0.25) is 14.7 Å². The Bertz CT molecular complexity index is 1210. The second-order valence-electron chi connectivity index (χ2n) is 9.45. The molecule has 1 saturated heterocycles. The minimum Gasteiger partial charge on any atom is -0.492 e. The minimum atomic E-state index is -4.43. The van der Waals surface area contributed by atoms with Gasteiger partial charge in [-0.15, -0.1) is 0 Å². The van der Waals surface area contributed by atoms with Crippen LogP contribution in [0.5, 0.6) is 5.75 Å². The van der Waals surface area contributed by atoms with Crippen LogP contribution in [0.25, 0.3) is 0 Å². The molecule has 9 heteroatoms. The molecule has 2 aliphatic heterocycles. The molecule has 0 radical (unpaired) electrons. The lowest BCUT2D eigenvalue weighted by atomic mass is 9.82. The van der Waals surface area contributed by atoms with E-state index in [1.165, 1.54) is 6.07 Å². The number of pyridine rings is 1. The van der Waals surface area contributed by atoms with Crippen molar-refractivity contribution in [2.24, 2.45) is 5.92 Å². The highest BCUT2D eigenvalue weighted by atomic mass is 19.4. The van der Waals surface area contributed by atoms with Gasteiger partial charge in [-0.2, -0.15) is 13.2 Å². The van der Waals surface area contributed by atoms with Crippen LogP contribution in [0, 0.1) is 5.92 Å². The summed E-state index contributed by atoms with van der Waals surface area (Å²) in [7, 11) is 0. The van der Waals surface area contributed by atoms with Gasteiger partial charge in [0.15, 0.2) is 0 Å². The highest BCUT2D eigenvalue weighted by Crippen LogP contribution is 2.39. The number of amides is 1. The van der Waals surface area contributed by atoms with Crippen LogP contribution in [0.4, 0.5) is 18.9 Å². The summed E-state index contributed by atoms with van der Waals surface area (Å²) >= 11 is 0. The first-order valence-corrected chi connectivity index (χ1v) is 12.4. The van der Waals surface area contributed by atoms with Crippen molar-refractivity contribution in [3.8, 4) is 5.75 Å². The molecule has 3 heterocycles. The normalized spacial score (nSPS) is 19.6. The molecule has 2 aromatic carbocycles. The van der Waals surface area contributed by atoms with Crippen molar-refractivity contribution in [2.45, 2.75) is 25.2 Å². The van der Waals surface area contributed by atoms with E-state index in [0.29, 0.717) is 38.3 Å². The third kappa shape index (κ3) is 5.88. The highest BCUT2D eigenvalue weighted by molar-refractivity contribution is 5.82. The highest BCUT2D eigenvalue weighted by Gasteiger charge is 2.42.